The van der Waals surface area contributed by atoms with Crippen molar-refractivity contribution in [2.45, 2.75) is 90.9 Å². The van der Waals surface area contributed by atoms with Crippen molar-refractivity contribution in [1.82, 2.24) is 9.97 Å². The summed E-state index contributed by atoms with van der Waals surface area (Å²) >= 11 is 0. The fourth-order valence-corrected chi connectivity index (χ4v) is 8.20. The van der Waals surface area contributed by atoms with E-state index in [4.69, 9.17) is 8.83 Å². The third kappa shape index (κ3) is 13.6. The molecule has 13 heteroatoms. The minimum absolute atomic E-state index is 0. The van der Waals surface area contributed by atoms with Crippen LogP contribution in [0.1, 0.15) is 90.9 Å². The summed E-state index contributed by atoms with van der Waals surface area (Å²) in [4.78, 5) is 8.91. The molecule has 2 heterocycles. The summed E-state index contributed by atoms with van der Waals surface area (Å²) in [5.74, 6) is 0.901. The fraction of sp³-hybridized carbons (Fsp3) is 0.381. The van der Waals surface area contributed by atoms with E-state index in [0.29, 0.717) is 58.3 Å². The number of fused-ring (bicyclic) bond motifs is 2. The molecule has 0 bridgehead atoms. The molecule has 2 aromatic heterocycles. The summed E-state index contributed by atoms with van der Waals surface area (Å²) in [5.41, 5.74) is 4.70. The molecule has 55 heavy (non-hydrogen) atoms. The van der Waals surface area contributed by atoms with Gasteiger partial charge >= 0.3 is 19.5 Å². The molecule has 6 aromatic rings. The van der Waals surface area contributed by atoms with Crippen molar-refractivity contribution in [2.24, 2.45) is 0 Å². The van der Waals surface area contributed by atoms with E-state index in [9.17, 15) is 16.8 Å². The van der Waals surface area contributed by atoms with Gasteiger partial charge in [-0.15, -0.1) is 11.4 Å². The topological polar surface area (TPSA) is 149 Å². The molecule has 10 nitrogen and oxygen atoms in total. The van der Waals surface area contributed by atoms with Gasteiger partial charge in [0.2, 0.25) is 11.8 Å². The molecule has 0 atom stereocenters. The largest absolute Gasteiger partial charge is 2.00 e. The number of para-hydroxylation sites is 4. The fourth-order valence-electron chi connectivity index (χ4n) is 5.96. The number of unbranched alkanes of at least 4 members (excludes halogenated alkanes) is 10. The van der Waals surface area contributed by atoms with Crippen molar-refractivity contribution >= 4 is 53.6 Å². The Morgan fingerprint density at radius 2 is 0.818 bits per heavy atom. The van der Waals surface area contributed by atoms with Crippen LogP contribution in [0.15, 0.2) is 106 Å². The minimum atomic E-state index is -3.53. The number of rotatable bonds is 20. The van der Waals surface area contributed by atoms with Gasteiger partial charge in [-0.25, -0.2) is 26.8 Å². The number of hydrogen-bond donors (Lipinski definition) is 0. The van der Waals surface area contributed by atoms with Crippen molar-refractivity contribution in [1.29, 1.82) is 0 Å². The molecular weight excluding hydrogens is 786 g/mol. The third-order valence-electron chi connectivity index (χ3n) is 8.84. The zero-order valence-corrected chi connectivity index (χ0v) is 36.5. The number of benzene rings is 4. The average Bonchev–Trinajstić information content (AvgIpc) is 3.80. The molecule has 0 saturated heterocycles. The van der Waals surface area contributed by atoms with Gasteiger partial charge in [-0.3, -0.25) is 0 Å². The molecular formula is C42H50N4O6S2Zn. The summed E-state index contributed by atoms with van der Waals surface area (Å²) in [7, 11) is -7.06. The maximum atomic E-state index is 12.4. The van der Waals surface area contributed by atoms with Crippen LogP contribution < -0.4 is 0 Å². The Labute approximate surface area is 338 Å². The van der Waals surface area contributed by atoms with E-state index < -0.39 is 20.0 Å². The second-order valence-corrected chi connectivity index (χ2v) is 16.8. The van der Waals surface area contributed by atoms with Crippen LogP contribution in [-0.2, 0) is 39.5 Å². The third-order valence-corrected chi connectivity index (χ3v) is 11.4. The predicted molar refractivity (Wildman–Crippen MR) is 219 cm³/mol. The van der Waals surface area contributed by atoms with Crippen molar-refractivity contribution in [3.05, 3.63) is 107 Å². The van der Waals surface area contributed by atoms with Crippen molar-refractivity contribution in [3.63, 3.8) is 0 Å². The molecule has 0 aliphatic carbocycles. The smallest absolute Gasteiger partial charge is 0.576 e. The number of aromatic nitrogens is 2. The van der Waals surface area contributed by atoms with E-state index in [1.54, 1.807) is 36.4 Å². The Bertz CT molecular complexity index is 2060. The first kappa shape index (κ1) is 43.7. The van der Waals surface area contributed by atoms with Gasteiger partial charge in [0.1, 0.15) is 11.0 Å². The van der Waals surface area contributed by atoms with E-state index in [-0.39, 0.29) is 31.0 Å². The maximum Gasteiger partial charge on any atom is 2.00 e. The van der Waals surface area contributed by atoms with Crippen molar-refractivity contribution in [2.75, 3.05) is 11.5 Å². The quantitative estimate of drug-likeness (QED) is 0.0545. The zero-order valence-electron chi connectivity index (χ0n) is 31.9. The van der Waals surface area contributed by atoms with Gasteiger partial charge < -0.3 is 18.3 Å². The number of sulfonamides is 2. The second kappa shape index (κ2) is 21.9. The van der Waals surface area contributed by atoms with E-state index in [1.165, 1.54) is 25.7 Å². The number of oxazole rings is 2. The van der Waals surface area contributed by atoms with Gasteiger partial charge in [-0.05, 0) is 37.1 Å². The molecule has 0 radical (unpaired) electrons. The molecule has 4 aromatic carbocycles. The first-order chi connectivity index (χ1) is 26.2. The monoisotopic (exact) mass is 834 g/mol. The Balaban J connectivity index is 0.000000240. The Hall–Kier alpha value is -4.06. The van der Waals surface area contributed by atoms with Crippen molar-refractivity contribution < 1.29 is 45.1 Å². The van der Waals surface area contributed by atoms with Crippen LogP contribution in [0.5, 0.6) is 0 Å². The Morgan fingerprint density at radius 3 is 1.22 bits per heavy atom. The molecule has 0 spiro atoms. The van der Waals surface area contributed by atoms with E-state index >= 15 is 0 Å². The number of hydrogen-bond acceptors (Lipinski definition) is 8. The molecule has 0 saturated carbocycles. The van der Waals surface area contributed by atoms with E-state index in [0.717, 1.165) is 49.6 Å². The summed E-state index contributed by atoms with van der Waals surface area (Å²) < 4.78 is 69.4. The van der Waals surface area contributed by atoms with Crippen LogP contribution >= 0.6 is 0 Å². The zero-order chi connectivity index (χ0) is 38.2. The van der Waals surface area contributed by atoms with Gasteiger partial charge in [0.05, 0.1) is 20.0 Å². The van der Waals surface area contributed by atoms with Crippen LogP contribution in [0, 0.1) is 0 Å². The first-order valence-corrected chi connectivity index (χ1v) is 22.2. The van der Waals surface area contributed by atoms with Gasteiger partial charge in [-0.1, -0.05) is 151 Å². The van der Waals surface area contributed by atoms with Gasteiger partial charge in [0, 0.05) is 22.6 Å². The van der Waals surface area contributed by atoms with Crippen LogP contribution in [0.25, 0.3) is 54.6 Å². The molecule has 0 amide bonds. The minimum Gasteiger partial charge on any atom is -0.576 e. The summed E-state index contributed by atoms with van der Waals surface area (Å²) in [6.45, 7) is 4.33. The second-order valence-electron chi connectivity index (χ2n) is 13.3. The molecule has 288 valence electrons. The summed E-state index contributed by atoms with van der Waals surface area (Å²) in [5, 5.41) is 0. The van der Waals surface area contributed by atoms with Crippen LogP contribution in [-0.4, -0.2) is 38.3 Å². The standard InChI is InChI=1S/2C21H25N2O3S.Zn/c2*1-2-3-4-5-6-11-16-27(24,25)23-18-13-8-7-12-17(18)21-22-19-14-9-10-15-20(19)26-21;/h2*7-10,12-15H,2-6,11,16H2,1H3;/q2*-1;+2. The van der Waals surface area contributed by atoms with E-state index in [2.05, 4.69) is 33.3 Å². The summed E-state index contributed by atoms with van der Waals surface area (Å²) in [6, 6.07) is 29.0. The Kier molecular flexibility index (Phi) is 17.4. The normalized spacial score (nSPS) is 11.5. The van der Waals surface area contributed by atoms with Crippen LogP contribution in [0.2, 0.25) is 0 Å². The predicted octanol–water partition coefficient (Wildman–Crippen LogP) is 12.4. The molecule has 0 N–H and O–H groups in total. The average molecular weight is 836 g/mol. The van der Waals surface area contributed by atoms with Gasteiger partial charge in [0.25, 0.3) is 0 Å². The Morgan fingerprint density at radius 1 is 0.473 bits per heavy atom. The maximum absolute atomic E-state index is 12.4. The SMILES string of the molecule is CCCCCCCCS(=O)(=O)[N-]c1ccccc1-c1nc2ccccc2o1.CCCCCCCCS(=O)(=O)[N-]c1ccccc1-c1nc2ccccc2o1.[Zn+2]. The molecule has 0 aliphatic rings. The molecule has 0 aliphatic heterocycles. The van der Waals surface area contributed by atoms with E-state index in [1.807, 2.05) is 60.7 Å². The summed E-state index contributed by atoms with van der Waals surface area (Å²) in [6.07, 6.45) is 12.4. The van der Waals surface area contributed by atoms with Crippen LogP contribution in [0.4, 0.5) is 11.4 Å². The van der Waals surface area contributed by atoms with Crippen LogP contribution in [0.3, 0.4) is 0 Å². The van der Waals surface area contributed by atoms with Gasteiger partial charge in [0.15, 0.2) is 11.2 Å². The first-order valence-electron chi connectivity index (χ1n) is 19.0. The van der Waals surface area contributed by atoms with Gasteiger partial charge in [-0.2, -0.15) is 0 Å². The molecule has 0 unspecified atom stereocenters. The number of nitrogens with zero attached hydrogens (tertiary/aromatic N) is 4. The molecule has 0 fully saturated rings. The molecule has 6 rings (SSSR count). The van der Waals surface area contributed by atoms with Crippen molar-refractivity contribution in [3.8, 4) is 22.9 Å².